The number of H-pyrrole nitrogens is 1. The molecular formula is C25H36N4O6. The molecule has 0 bridgehead atoms. The van der Waals surface area contributed by atoms with Gasteiger partial charge in [0.2, 0.25) is 5.69 Å². The fourth-order valence-electron chi connectivity index (χ4n) is 3.91. The lowest BCUT2D eigenvalue weighted by atomic mass is 9.83. The molecule has 0 saturated heterocycles. The summed E-state index contributed by atoms with van der Waals surface area (Å²) in [6.07, 6.45) is 3.95. The third-order valence-electron chi connectivity index (χ3n) is 5.56. The van der Waals surface area contributed by atoms with Gasteiger partial charge in [-0.15, -0.1) is 0 Å². The highest BCUT2D eigenvalue weighted by molar-refractivity contribution is 5.89. The number of nitrogens with one attached hydrogen (secondary N) is 2. The van der Waals surface area contributed by atoms with Crippen LogP contribution < -0.4 is 14.8 Å². The lowest BCUT2D eigenvalue weighted by molar-refractivity contribution is 0.0503. The van der Waals surface area contributed by atoms with Crippen LogP contribution in [-0.4, -0.2) is 58.9 Å². The summed E-state index contributed by atoms with van der Waals surface area (Å²) in [5.41, 5.74) is 0.931. The highest BCUT2D eigenvalue weighted by Gasteiger charge is 2.27. The Morgan fingerprint density at radius 2 is 1.83 bits per heavy atom. The smallest absolute Gasteiger partial charge is 0.407 e. The zero-order chi connectivity index (χ0) is 25.3. The van der Waals surface area contributed by atoms with Gasteiger partial charge in [-0.3, -0.25) is 0 Å². The van der Waals surface area contributed by atoms with Gasteiger partial charge >= 0.3 is 12.1 Å². The lowest BCUT2D eigenvalue weighted by Crippen LogP contribution is -2.33. The van der Waals surface area contributed by atoms with Gasteiger partial charge in [-0.2, -0.15) is 0 Å². The number of rotatable bonds is 10. The third kappa shape index (κ3) is 8.45. The SMILES string of the molecule is CCOC(=O)c1[nH]nnc1O[C@H]1CC[C@H](c2ccc(OCCCNC(=O)OC(C)(C)C)cc2)CC1. The molecule has 1 aliphatic rings. The average Bonchev–Trinajstić information content (AvgIpc) is 3.27. The van der Waals surface area contributed by atoms with Crippen molar-refractivity contribution in [3.63, 3.8) is 0 Å². The molecule has 0 aliphatic heterocycles. The van der Waals surface area contributed by atoms with Crippen LogP contribution in [-0.2, 0) is 9.47 Å². The average molecular weight is 489 g/mol. The van der Waals surface area contributed by atoms with Crippen molar-refractivity contribution in [1.29, 1.82) is 0 Å². The summed E-state index contributed by atoms with van der Waals surface area (Å²) in [6.45, 7) is 8.52. The second-order valence-corrected chi connectivity index (χ2v) is 9.50. The fourth-order valence-corrected chi connectivity index (χ4v) is 3.91. The summed E-state index contributed by atoms with van der Waals surface area (Å²) < 4.78 is 21.9. The predicted octanol–water partition coefficient (Wildman–Crippen LogP) is 4.38. The minimum atomic E-state index is -0.511. The van der Waals surface area contributed by atoms with Crippen molar-refractivity contribution in [2.24, 2.45) is 0 Å². The van der Waals surface area contributed by atoms with E-state index < -0.39 is 17.7 Å². The van der Waals surface area contributed by atoms with Crippen molar-refractivity contribution in [2.75, 3.05) is 19.8 Å². The minimum Gasteiger partial charge on any atom is -0.494 e. The first-order valence-corrected chi connectivity index (χ1v) is 12.2. The van der Waals surface area contributed by atoms with Crippen molar-refractivity contribution in [3.05, 3.63) is 35.5 Å². The van der Waals surface area contributed by atoms with Crippen LogP contribution in [0.25, 0.3) is 0 Å². The van der Waals surface area contributed by atoms with E-state index in [0.717, 1.165) is 31.4 Å². The normalized spacial score (nSPS) is 17.9. The minimum absolute atomic E-state index is 0.0126. The Balaban J connectivity index is 1.37. The van der Waals surface area contributed by atoms with Crippen LogP contribution >= 0.6 is 0 Å². The summed E-state index contributed by atoms with van der Waals surface area (Å²) in [7, 11) is 0. The van der Waals surface area contributed by atoms with Gasteiger partial charge < -0.3 is 24.3 Å². The van der Waals surface area contributed by atoms with Gasteiger partial charge in [0, 0.05) is 6.54 Å². The molecule has 1 saturated carbocycles. The van der Waals surface area contributed by atoms with Gasteiger partial charge in [0.25, 0.3) is 5.88 Å². The molecule has 3 rings (SSSR count). The summed E-state index contributed by atoms with van der Waals surface area (Å²) in [6, 6.07) is 8.19. The first kappa shape index (κ1) is 26.3. The molecule has 10 heteroatoms. The topological polar surface area (TPSA) is 125 Å². The molecule has 1 fully saturated rings. The number of aromatic nitrogens is 3. The van der Waals surface area contributed by atoms with E-state index in [1.165, 1.54) is 5.56 Å². The number of amides is 1. The Bertz CT molecular complexity index is 946. The maximum absolute atomic E-state index is 12.0. The van der Waals surface area contributed by atoms with Gasteiger partial charge in [0.05, 0.1) is 13.2 Å². The Morgan fingerprint density at radius 1 is 1.11 bits per heavy atom. The molecule has 0 spiro atoms. The largest absolute Gasteiger partial charge is 0.494 e. The van der Waals surface area contributed by atoms with Crippen molar-refractivity contribution in [2.45, 2.75) is 77.4 Å². The molecule has 1 aliphatic carbocycles. The number of aromatic amines is 1. The quantitative estimate of drug-likeness (QED) is 0.373. The molecule has 0 radical (unpaired) electrons. The Labute approximate surface area is 206 Å². The van der Waals surface area contributed by atoms with Crippen LogP contribution in [0, 0.1) is 0 Å². The number of carbonyl (C=O) groups is 2. The number of hydrogen-bond donors (Lipinski definition) is 2. The van der Waals surface area contributed by atoms with E-state index in [2.05, 4.69) is 32.9 Å². The van der Waals surface area contributed by atoms with E-state index in [1.807, 2.05) is 32.9 Å². The Kier molecular flexibility index (Phi) is 9.33. The van der Waals surface area contributed by atoms with Gasteiger partial charge in [-0.25, -0.2) is 14.7 Å². The number of ether oxygens (including phenoxy) is 4. The van der Waals surface area contributed by atoms with Crippen LogP contribution in [0.1, 0.15) is 81.8 Å². The monoisotopic (exact) mass is 488 g/mol. The molecule has 1 heterocycles. The molecule has 1 aromatic carbocycles. The molecule has 10 nitrogen and oxygen atoms in total. The molecule has 1 aromatic heterocycles. The fraction of sp³-hybridized carbons (Fsp3) is 0.600. The van der Waals surface area contributed by atoms with Crippen molar-refractivity contribution in [1.82, 2.24) is 20.7 Å². The van der Waals surface area contributed by atoms with E-state index in [-0.39, 0.29) is 24.3 Å². The Hall–Kier alpha value is -3.30. The summed E-state index contributed by atoms with van der Waals surface area (Å²) in [5.74, 6) is 0.946. The molecule has 192 valence electrons. The van der Waals surface area contributed by atoms with Gasteiger partial charge in [0.1, 0.15) is 17.5 Å². The molecule has 0 atom stereocenters. The number of nitrogens with zero attached hydrogens (tertiary/aromatic N) is 2. The van der Waals surface area contributed by atoms with E-state index in [1.54, 1.807) is 6.92 Å². The Morgan fingerprint density at radius 3 is 2.49 bits per heavy atom. The van der Waals surface area contributed by atoms with Crippen LogP contribution in [0.5, 0.6) is 11.6 Å². The molecule has 1 amide bonds. The number of carbonyl (C=O) groups excluding carboxylic acids is 2. The van der Waals surface area contributed by atoms with Crippen molar-refractivity contribution in [3.8, 4) is 11.6 Å². The standard InChI is InChI=1S/C25H36N4O6/c1-5-32-23(30)21-22(28-29-27-21)34-20-13-9-18(10-14-20)17-7-11-19(12-8-17)33-16-6-15-26-24(31)35-25(2,3)4/h7-8,11-12,18,20H,5-6,9-10,13-16H2,1-4H3,(H,26,31)(H,27,28,29)/t18-,20-. The highest BCUT2D eigenvalue weighted by Crippen LogP contribution is 2.35. The maximum atomic E-state index is 12.0. The highest BCUT2D eigenvalue weighted by atomic mass is 16.6. The van der Waals surface area contributed by atoms with E-state index in [0.29, 0.717) is 25.5 Å². The van der Waals surface area contributed by atoms with Crippen LogP contribution in [0.15, 0.2) is 24.3 Å². The summed E-state index contributed by atoms with van der Waals surface area (Å²) in [4.78, 5) is 23.6. The predicted molar refractivity (Wildman–Crippen MR) is 129 cm³/mol. The zero-order valence-electron chi connectivity index (χ0n) is 21.0. The summed E-state index contributed by atoms with van der Waals surface area (Å²) in [5, 5.41) is 12.8. The van der Waals surface area contributed by atoms with Crippen LogP contribution in [0.4, 0.5) is 4.79 Å². The van der Waals surface area contributed by atoms with E-state index >= 15 is 0 Å². The van der Waals surface area contributed by atoms with Crippen molar-refractivity contribution < 1.29 is 28.5 Å². The summed E-state index contributed by atoms with van der Waals surface area (Å²) >= 11 is 0. The third-order valence-corrected chi connectivity index (χ3v) is 5.56. The van der Waals surface area contributed by atoms with E-state index in [9.17, 15) is 9.59 Å². The van der Waals surface area contributed by atoms with Gasteiger partial charge in [-0.1, -0.05) is 22.4 Å². The zero-order valence-corrected chi connectivity index (χ0v) is 21.0. The number of hydrogen-bond acceptors (Lipinski definition) is 8. The van der Waals surface area contributed by atoms with Gasteiger partial charge in [0.15, 0.2) is 0 Å². The lowest BCUT2D eigenvalue weighted by Gasteiger charge is -2.28. The first-order valence-electron chi connectivity index (χ1n) is 12.2. The number of benzene rings is 1. The first-order chi connectivity index (χ1) is 16.7. The number of alkyl carbamates (subject to hydrolysis) is 1. The second kappa shape index (κ2) is 12.4. The van der Waals surface area contributed by atoms with Crippen LogP contribution in [0.2, 0.25) is 0 Å². The molecule has 35 heavy (non-hydrogen) atoms. The van der Waals surface area contributed by atoms with E-state index in [4.69, 9.17) is 18.9 Å². The molecule has 0 unspecified atom stereocenters. The molecule has 2 aromatic rings. The molecular weight excluding hydrogens is 452 g/mol. The molecule has 2 N–H and O–H groups in total. The van der Waals surface area contributed by atoms with Gasteiger partial charge in [-0.05, 0) is 83.4 Å². The van der Waals surface area contributed by atoms with Crippen molar-refractivity contribution >= 4 is 12.1 Å². The second-order valence-electron chi connectivity index (χ2n) is 9.50. The van der Waals surface area contributed by atoms with Crippen LogP contribution in [0.3, 0.4) is 0 Å². The maximum Gasteiger partial charge on any atom is 0.407 e. The number of esters is 1.